The number of Topliss-reactive ketones (excluding diaryl/α,β-unsaturated/α-hetero) is 1. The summed E-state index contributed by atoms with van der Waals surface area (Å²) in [5, 5.41) is 0. The van der Waals surface area contributed by atoms with Crippen LogP contribution in [0.3, 0.4) is 0 Å². The van der Waals surface area contributed by atoms with Gasteiger partial charge < -0.3 is 0 Å². The molecule has 0 saturated carbocycles. The molecule has 0 spiro atoms. The van der Waals surface area contributed by atoms with E-state index >= 15 is 0 Å². The fourth-order valence-corrected chi connectivity index (χ4v) is 2.50. The number of hydrogen-bond donors (Lipinski definition) is 0. The lowest BCUT2D eigenvalue weighted by Crippen LogP contribution is -2.29. The normalized spacial score (nSPS) is 11.3. The zero-order chi connectivity index (χ0) is 13.9. The molecule has 0 saturated heterocycles. The summed E-state index contributed by atoms with van der Waals surface area (Å²) >= 11 is 1.71. The minimum atomic E-state index is -0.502. The van der Waals surface area contributed by atoms with Gasteiger partial charge in [0, 0.05) is 10.5 Å². The van der Waals surface area contributed by atoms with Crippen molar-refractivity contribution >= 4 is 17.5 Å². The summed E-state index contributed by atoms with van der Waals surface area (Å²) in [6.45, 7) is 3.97. The predicted molar refractivity (Wildman–Crippen MR) is 82.0 cm³/mol. The third-order valence-electron chi connectivity index (χ3n) is 3.42. The van der Waals surface area contributed by atoms with Gasteiger partial charge >= 0.3 is 0 Å². The Bertz CT molecular complexity index is 556. The first-order valence-electron chi connectivity index (χ1n) is 6.30. The molecular weight excluding hydrogens is 252 g/mol. The molecule has 0 aliphatic rings. The maximum Gasteiger partial charge on any atom is 0.172 e. The Balaban J connectivity index is 2.33. The molecule has 2 heteroatoms. The lowest BCUT2D eigenvalue weighted by Gasteiger charge is -2.24. The highest BCUT2D eigenvalue weighted by Crippen LogP contribution is 2.29. The van der Waals surface area contributed by atoms with Crippen molar-refractivity contribution in [3.8, 4) is 0 Å². The molecule has 2 aromatic rings. The standard InChI is InChI=1S/C17H18OS/c1-17(2,14-9-11-15(19-3)12-10-14)16(18)13-7-5-4-6-8-13/h4-12H,1-3H3. The molecule has 0 aromatic heterocycles. The smallest absolute Gasteiger partial charge is 0.172 e. The van der Waals surface area contributed by atoms with E-state index in [4.69, 9.17) is 0 Å². The van der Waals surface area contributed by atoms with E-state index in [0.29, 0.717) is 0 Å². The van der Waals surface area contributed by atoms with Crippen LogP contribution < -0.4 is 0 Å². The van der Waals surface area contributed by atoms with Gasteiger partial charge in [-0.1, -0.05) is 42.5 Å². The summed E-state index contributed by atoms with van der Waals surface area (Å²) in [5.74, 6) is 0.157. The van der Waals surface area contributed by atoms with Crippen molar-refractivity contribution < 1.29 is 4.79 Å². The van der Waals surface area contributed by atoms with Crippen LogP contribution in [0.15, 0.2) is 59.5 Å². The molecule has 0 heterocycles. The number of benzene rings is 2. The van der Waals surface area contributed by atoms with Gasteiger partial charge in [0.15, 0.2) is 5.78 Å². The van der Waals surface area contributed by atoms with Crippen LogP contribution in [0.2, 0.25) is 0 Å². The van der Waals surface area contributed by atoms with Crippen LogP contribution >= 0.6 is 11.8 Å². The number of hydrogen-bond acceptors (Lipinski definition) is 2. The average molecular weight is 270 g/mol. The molecule has 2 rings (SSSR count). The van der Waals surface area contributed by atoms with Gasteiger partial charge in [-0.05, 0) is 37.8 Å². The molecular formula is C17H18OS. The van der Waals surface area contributed by atoms with Gasteiger partial charge in [-0.15, -0.1) is 11.8 Å². The predicted octanol–water partition coefficient (Wildman–Crippen LogP) is 4.57. The third-order valence-corrected chi connectivity index (χ3v) is 4.16. The van der Waals surface area contributed by atoms with E-state index in [0.717, 1.165) is 11.1 Å². The minimum absolute atomic E-state index is 0.157. The Kier molecular flexibility index (Phi) is 4.11. The highest BCUT2D eigenvalue weighted by atomic mass is 32.2. The molecule has 98 valence electrons. The molecule has 0 radical (unpaired) electrons. The van der Waals surface area contributed by atoms with E-state index in [2.05, 4.69) is 18.4 Å². The number of carbonyl (C=O) groups is 1. The van der Waals surface area contributed by atoms with E-state index in [1.165, 1.54) is 4.90 Å². The van der Waals surface area contributed by atoms with Gasteiger partial charge in [-0.2, -0.15) is 0 Å². The van der Waals surface area contributed by atoms with Crippen LogP contribution in [0, 0.1) is 0 Å². The number of carbonyl (C=O) groups excluding carboxylic acids is 1. The maximum absolute atomic E-state index is 12.6. The van der Waals surface area contributed by atoms with E-state index in [-0.39, 0.29) is 5.78 Å². The van der Waals surface area contributed by atoms with Crippen LogP contribution in [0.4, 0.5) is 0 Å². The Hall–Kier alpha value is -1.54. The summed E-state index contributed by atoms with van der Waals surface area (Å²) < 4.78 is 0. The Labute approximate surface area is 119 Å². The second-order valence-corrected chi connectivity index (χ2v) is 5.93. The van der Waals surface area contributed by atoms with Gasteiger partial charge in [0.2, 0.25) is 0 Å². The van der Waals surface area contributed by atoms with Crippen molar-refractivity contribution in [1.29, 1.82) is 0 Å². The molecule has 0 aliphatic carbocycles. The fraction of sp³-hybridized carbons (Fsp3) is 0.235. The van der Waals surface area contributed by atoms with E-state index in [1.54, 1.807) is 11.8 Å². The SMILES string of the molecule is CSc1ccc(C(C)(C)C(=O)c2ccccc2)cc1. The quantitative estimate of drug-likeness (QED) is 0.598. The van der Waals surface area contributed by atoms with Crippen molar-refractivity contribution in [3.05, 3.63) is 65.7 Å². The molecule has 19 heavy (non-hydrogen) atoms. The highest BCUT2D eigenvalue weighted by Gasteiger charge is 2.30. The Morgan fingerprint density at radius 3 is 2.05 bits per heavy atom. The van der Waals surface area contributed by atoms with Gasteiger partial charge in [0.25, 0.3) is 0 Å². The first-order valence-corrected chi connectivity index (χ1v) is 7.52. The summed E-state index contributed by atoms with van der Waals surface area (Å²) in [7, 11) is 0. The molecule has 0 unspecified atom stereocenters. The Morgan fingerprint density at radius 1 is 0.947 bits per heavy atom. The fourth-order valence-electron chi connectivity index (χ4n) is 2.09. The van der Waals surface area contributed by atoms with Crippen molar-refractivity contribution in [2.45, 2.75) is 24.2 Å². The van der Waals surface area contributed by atoms with Crippen LogP contribution in [0.5, 0.6) is 0 Å². The highest BCUT2D eigenvalue weighted by molar-refractivity contribution is 7.98. The van der Waals surface area contributed by atoms with E-state index in [1.807, 2.05) is 56.3 Å². The molecule has 1 nitrogen and oxygen atoms in total. The van der Waals surface area contributed by atoms with Crippen molar-refractivity contribution in [1.82, 2.24) is 0 Å². The third kappa shape index (κ3) is 2.90. The first kappa shape index (κ1) is 13.9. The average Bonchev–Trinajstić information content (AvgIpc) is 2.47. The second kappa shape index (κ2) is 5.62. The maximum atomic E-state index is 12.6. The monoisotopic (exact) mass is 270 g/mol. The number of ketones is 1. The summed E-state index contributed by atoms with van der Waals surface area (Å²) in [6, 6.07) is 17.7. The number of thioether (sulfide) groups is 1. The summed E-state index contributed by atoms with van der Waals surface area (Å²) in [4.78, 5) is 13.8. The summed E-state index contributed by atoms with van der Waals surface area (Å²) in [6.07, 6.45) is 2.05. The van der Waals surface area contributed by atoms with Crippen LogP contribution in [0.25, 0.3) is 0 Å². The Morgan fingerprint density at radius 2 is 1.53 bits per heavy atom. The van der Waals surface area contributed by atoms with Crippen molar-refractivity contribution in [2.75, 3.05) is 6.26 Å². The second-order valence-electron chi connectivity index (χ2n) is 5.05. The van der Waals surface area contributed by atoms with Crippen molar-refractivity contribution in [2.24, 2.45) is 0 Å². The topological polar surface area (TPSA) is 17.1 Å². The van der Waals surface area contributed by atoms with Gasteiger partial charge in [0.1, 0.15) is 0 Å². The van der Waals surface area contributed by atoms with E-state index < -0.39 is 5.41 Å². The van der Waals surface area contributed by atoms with Crippen LogP contribution in [0.1, 0.15) is 29.8 Å². The summed E-state index contributed by atoms with van der Waals surface area (Å²) in [5.41, 5.74) is 1.32. The van der Waals surface area contributed by atoms with E-state index in [9.17, 15) is 4.79 Å². The van der Waals surface area contributed by atoms with Gasteiger partial charge in [-0.25, -0.2) is 0 Å². The minimum Gasteiger partial charge on any atom is -0.293 e. The zero-order valence-corrected chi connectivity index (χ0v) is 12.3. The molecule has 0 bridgehead atoms. The van der Waals surface area contributed by atoms with Crippen LogP contribution in [-0.2, 0) is 5.41 Å². The largest absolute Gasteiger partial charge is 0.293 e. The zero-order valence-electron chi connectivity index (χ0n) is 11.5. The van der Waals surface area contributed by atoms with Gasteiger partial charge in [0.05, 0.1) is 5.41 Å². The first-order chi connectivity index (χ1) is 9.05. The molecule has 0 amide bonds. The van der Waals surface area contributed by atoms with Crippen molar-refractivity contribution in [3.63, 3.8) is 0 Å². The van der Waals surface area contributed by atoms with Crippen LogP contribution in [-0.4, -0.2) is 12.0 Å². The molecule has 0 fully saturated rings. The molecule has 0 aliphatic heterocycles. The molecule has 0 N–H and O–H groups in total. The lowest BCUT2D eigenvalue weighted by molar-refractivity contribution is 0.0908. The lowest BCUT2D eigenvalue weighted by atomic mass is 9.78. The number of rotatable bonds is 4. The molecule has 0 atom stereocenters. The molecule has 2 aromatic carbocycles. The van der Waals surface area contributed by atoms with Gasteiger partial charge in [-0.3, -0.25) is 4.79 Å².